The molecule has 1 amide bonds. The number of hydrogen-bond acceptors (Lipinski definition) is 2. The number of hydrogen-bond donors (Lipinski definition) is 0. The van der Waals surface area contributed by atoms with Crippen molar-refractivity contribution in [1.29, 1.82) is 0 Å². The molecule has 0 unspecified atom stereocenters. The van der Waals surface area contributed by atoms with E-state index in [0.717, 1.165) is 17.0 Å². The number of amides is 1. The third kappa shape index (κ3) is 3.80. The highest BCUT2D eigenvalue weighted by Crippen LogP contribution is 2.10. The zero-order valence-corrected chi connectivity index (χ0v) is 9.62. The van der Waals surface area contributed by atoms with E-state index in [-0.39, 0.29) is 6.09 Å². The van der Waals surface area contributed by atoms with E-state index in [9.17, 15) is 4.79 Å². The molecule has 0 aliphatic carbocycles. The van der Waals surface area contributed by atoms with Gasteiger partial charge in [0.2, 0.25) is 0 Å². The molecule has 0 atom stereocenters. The Labute approximate surface area is 94.6 Å². The summed E-state index contributed by atoms with van der Waals surface area (Å²) in [7, 11) is 3.09. The van der Waals surface area contributed by atoms with Crippen molar-refractivity contribution in [2.45, 2.75) is 6.42 Å². The normalized spacial score (nSPS) is 9.80. The lowest BCUT2D eigenvalue weighted by molar-refractivity contribution is 0.134. The predicted molar refractivity (Wildman–Crippen MR) is 60.2 cm³/mol. The Balaban J connectivity index is 2.43. The van der Waals surface area contributed by atoms with Crippen LogP contribution in [0.1, 0.15) is 5.56 Å². The molecule has 0 spiro atoms. The van der Waals surface area contributed by atoms with Gasteiger partial charge in [0, 0.05) is 18.6 Å². The number of ether oxygens (including phenoxy) is 1. The molecule has 0 radical (unpaired) electrons. The molecular weight excluding hydrogens is 214 g/mol. The second-order valence-electron chi connectivity index (χ2n) is 3.27. The Kier molecular flexibility index (Phi) is 4.43. The van der Waals surface area contributed by atoms with E-state index in [1.165, 1.54) is 12.0 Å². The van der Waals surface area contributed by atoms with Gasteiger partial charge in [-0.1, -0.05) is 23.7 Å². The number of methoxy groups -OCH3 is 1. The zero-order valence-electron chi connectivity index (χ0n) is 8.87. The van der Waals surface area contributed by atoms with Crippen LogP contribution in [0.4, 0.5) is 4.79 Å². The van der Waals surface area contributed by atoms with E-state index in [1.807, 2.05) is 24.3 Å². The molecule has 0 aliphatic heterocycles. The third-order valence-corrected chi connectivity index (χ3v) is 2.39. The average Bonchev–Trinajstić information content (AvgIpc) is 2.26. The van der Waals surface area contributed by atoms with Crippen molar-refractivity contribution < 1.29 is 9.53 Å². The SMILES string of the molecule is COC(=O)N(C)CCc1ccc(Cl)cc1. The Morgan fingerprint density at radius 3 is 2.53 bits per heavy atom. The molecule has 1 rings (SSSR count). The molecule has 82 valence electrons. The first-order valence-electron chi connectivity index (χ1n) is 4.67. The smallest absolute Gasteiger partial charge is 0.409 e. The second kappa shape index (κ2) is 5.61. The van der Waals surface area contributed by atoms with Gasteiger partial charge >= 0.3 is 6.09 Å². The van der Waals surface area contributed by atoms with Gasteiger partial charge in [-0.25, -0.2) is 4.79 Å². The first-order chi connectivity index (χ1) is 7.13. The van der Waals surface area contributed by atoms with Crippen molar-refractivity contribution >= 4 is 17.7 Å². The van der Waals surface area contributed by atoms with Gasteiger partial charge in [-0.15, -0.1) is 0 Å². The molecule has 15 heavy (non-hydrogen) atoms. The minimum atomic E-state index is -0.316. The van der Waals surface area contributed by atoms with Crippen molar-refractivity contribution in [3.05, 3.63) is 34.9 Å². The highest BCUT2D eigenvalue weighted by Gasteiger charge is 2.06. The minimum Gasteiger partial charge on any atom is -0.453 e. The summed E-state index contributed by atoms with van der Waals surface area (Å²) in [5.74, 6) is 0. The van der Waals surface area contributed by atoms with Crippen LogP contribution < -0.4 is 0 Å². The molecule has 3 nitrogen and oxygen atoms in total. The van der Waals surface area contributed by atoms with Crippen LogP contribution in [0.25, 0.3) is 0 Å². The highest BCUT2D eigenvalue weighted by molar-refractivity contribution is 6.30. The van der Waals surface area contributed by atoms with Crippen LogP contribution in [0, 0.1) is 0 Å². The van der Waals surface area contributed by atoms with Gasteiger partial charge in [-0.3, -0.25) is 0 Å². The van der Waals surface area contributed by atoms with Crippen molar-refractivity contribution in [3.8, 4) is 0 Å². The Morgan fingerprint density at radius 1 is 1.40 bits per heavy atom. The molecular formula is C11H14ClNO2. The van der Waals surface area contributed by atoms with Crippen molar-refractivity contribution in [2.24, 2.45) is 0 Å². The van der Waals surface area contributed by atoms with Gasteiger partial charge in [0.05, 0.1) is 7.11 Å². The fourth-order valence-corrected chi connectivity index (χ4v) is 1.32. The lowest BCUT2D eigenvalue weighted by Gasteiger charge is -2.14. The van der Waals surface area contributed by atoms with Gasteiger partial charge in [0.15, 0.2) is 0 Å². The van der Waals surface area contributed by atoms with Crippen LogP contribution in [0.5, 0.6) is 0 Å². The van der Waals surface area contributed by atoms with Crippen LogP contribution >= 0.6 is 11.6 Å². The van der Waals surface area contributed by atoms with E-state index in [2.05, 4.69) is 4.74 Å². The predicted octanol–water partition coefficient (Wildman–Crippen LogP) is 2.58. The maximum absolute atomic E-state index is 11.1. The summed E-state index contributed by atoms with van der Waals surface area (Å²) in [5.41, 5.74) is 1.15. The summed E-state index contributed by atoms with van der Waals surface area (Å²) in [6, 6.07) is 7.59. The van der Waals surface area contributed by atoms with Gasteiger partial charge in [0.25, 0.3) is 0 Å². The maximum atomic E-state index is 11.1. The molecule has 4 heteroatoms. The van der Waals surface area contributed by atoms with Gasteiger partial charge in [-0.05, 0) is 24.1 Å². The Bertz CT molecular complexity index is 324. The van der Waals surface area contributed by atoms with E-state index < -0.39 is 0 Å². The standard InChI is InChI=1S/C11H14ClNO2/c1-13(11(14)15-2)8-7-9-3-5-10(12)6-4-9/h3-6H,7-8H2,1-2H3. The molecule has 0 saturated heterocycles. The molecule has 0 saturated carbocycles. The maximum Gasteiger partial charge on any atom is 0.409 e. The van der Waals surface area contributed by atoms with E-state index >= 15 is 0 Å². The lowest BCUT2D eigenvalue weighted by Crippen LogP contribution is -2.28. The van der Waals surface area contributed by atoms with E-state index in [4.69, 9.17) is 11.6 Å². The zero-order chi connectivity index (χ0) is 11.3. The summed E-state index contributed by atoms with van der Waals surface area (Å²) in [6.45, 7) is 0.633. The largest absolute Gasteiger partial charge is 0.453 e. The van der Waals surface area contributed by atoms with Gasteiger partial charge < -0.3 is 9.64 Å². The monoisotopic (exact) mass is 227 g/mol. The molecule has 0 aliphatic rings. The molecule has 1 aromatic rings. The second-order valence-corrected chi connectivity index (χ2v) is 3.70. The molecule has 0 bridgehead atoms. The fourth-order valence-electron chi connectivity index (χ4n) is 1.20. The van der Waals surface area contributed by atoms with Gasteiger partial charge in [0.1, 0.15) is 0 Å². The summed E-state index contributed by atoms with van der Waals surface area (Å²) in [6.07, 6.45) is 0.479. The van der Waals surface area contributed by atoms with Crippen LogP contribution in [-0.4, -0.2) is 31.7 Å². The Morgan fingerprint density at radius 2 is 2.00 bits per heavy atom. The van der Waals surface area contributed by atoms with Crippen LogP contribution in [0.2, 0.25) is 5.02 Å². The fraction of sp³-hybridized carbons (Fsp3) is 0.364. The van der Waals surface area contributed by atoms with E-state index in [0.29, 0.717) is 6.54 Å². The summed E-state index contributed by atoms with van der Waals surface area (Å²) >= 11 is 5.76. The number of benzene rings is 1. The highest BCUT2D eigenvalue weighted by atomic mass is 35.5. The number of nitrogens with zero attached hydrogens (tertiary/aromatic N) is 1. The number of carbonyl (C=O) groups is 1. The third-order valence-electron chi connectivity index (χ3n) is 2.14. The number of carbonyl (C=O) groups excluding carboxylic acids is 1. The molecule has 0 N–H and O–H groups in total. The molecule has 0 aromatic heterocycles. The molecule has 0 fully saturated rings. The molecule has 0 heterocycles. The number of rotatable bonds is 3. The number of halogens is 1. The first-order valence-corrected chi connectivity index (χ1v) is 5.05. The van der Waals surface area contributed by atoms with Crippen molar-refractivity contribution in [1.82, 2.24) is 4.90 Å². The quantitative estimate of drug-likeness (QED) is 0.795. The van der Waals surface area contributed by atoms with Crippen LogP contribution in [0.15, 0.2) is 24.3 Å². The Hall–Kier alpha value is -1.22. The summed E-state index contributed by atoms with van der Waals surface area (Å²) in [4.78, 5) is 12.6. The van der Waals surface area contributed by atoms with Crippen molar-refractivity contribution in [2.75, 3.05) is 20.7 Å². The average molecular weight is 228 g/mol. The number of likely N-dealkylation sites (N-methyl/N-ethyl adjacent to an activating group) is 1. The van der Waals surface area contributed by atoms with Crippen LogP contribution in [0.3, 0.4) is 0 Å². The topological polar surface area (TPSA) is 29.5 Å². The summed E-state index contributed by atoms with van der Waals surface area (Å²) in [5, 5.41) is 0.722. The van der Waals surface area contributed by atoms with Gasteiger partial charge in [-0.2, -0.15) is 0 Å². The minimum absolute atomic E-state index is 0.316. The van der Waals surface area contributed by atoms with Crippen LogP contribution in [-0.2, 0) is 11.2 Å². The summed E-state index contributed by atoms with van der Waals surface area (Å²) < 4.78 is 4.59. The van der Waals surface area contributed by atoms with Crippen molar-refractivity contribution in [3.63, 3.8) is 0 Å². The van der Waals surface area contributed by atoms with E-state index in [1.54, 1.807) is 7.05 Å². The lowest BCUT2D eigenvalue weighted by atomic mass is 10.1. The first kappa shape index (κ1) is 11.9. The molecule has 1 aromatic carbocycles.